The molecule has 2 fully saturated rings. The molecule has 8 nitrogen and oxygen atoms in total. The number of likely N-dealkylation sites (tertiary alicyclic amines) is 1. The van der Waals surface area contributed by atoms with Crippen LogP contribution in [0.4, 0.5) is 10.6 Å². The third kappa shape index (κ3) is 5.08. The maximum Gasteiger partial charge on any atom is 0.409 e. The minimum Gasteiger partial charge on any atom is -0.450 e. The second kappa shape index (κ2) is 9.01. The third-order valence-electron chi connectivity index (χ3n) is 5.22. The predicted octanol–water partition coefficient (Wildman–Crippen LogP) is 2.06. The standard InChI is InChI=1S/C19H29N5O3/c1-3-27-19(26)23-11-8-15(9-12-23)20-18(25)16-6-7-17(22-21-16)24-10-4-5-14(2)13-24/h6-7,14-15H,3-5,8-13H2,1-2H3,(H,20,25). The van der Waals surface area contributed by atoms with Crippen LogP contribution in [-0.2, 0) is 4.74 Å². The zero-order valence-corrected chi connectivity index (χ0v) is 16.2. The van der Waals surface area contributed by atoms with Crippen molar-refractivity contribution in [1.29, 1.82) is 0 Å². The Hall–Kier alpha value is -2.38. The first-order valence-electron chi connectivity index (χ1n) is 9.88. The van der Waals surface area contributed by atoms with Crippen molar-refractivity contribution >= 4 is 17.8 Å². The van der Waals surface area contributed by atoms with Gasteiger partial charge in [0.2, 0.25) is 0 Å². The fourth-order valence-corrected chi connectivity index (χ4v) is 3.69. The number of ether oxygens (including phenoxy) is 1. The number of anilines is 1. The molecule has 0 spiro atoms. The van der Waals surface area contributed by atoms with Gasteiger partial charge in [-0.1, -0.05) is 6.92 Å². The molecule has 2 aliphatic rings. The second-order valence-corrected chi connectivity index (χ2v) is 7.40. The van der Waals surface area contributed by atoms with E-state index in [9.17, 15) is 9.59 Å². The minimum absolute atomic E-state index is 0.0348. The number of hydrogen-bond donors (Lipinski definition) is 1. The van der Waals surface area contributed by atoms with Crippen LogP contribution in [0.15, 0.2) is 12.1 Å². The summed E-state index contributed by atoms with van der Waals surface area (Å²) in [4.78, 5) is 28.1. The molecule has 0 bridgehead atoms. The Morgan fingerprint density at radius 1 is 1.19 bits per heavy atom. The first-order valence-corrected chi connectivity index (χ1v) is 9.88. The second-order valence-electron chi connectivity index (χ2n) is 7.40. The van der Waals surface area contributed by atoms with Gasteiger partial charge < -0.3 is 19.9 Å². The molecule has 148 valence electrons. The van der Waals surface area contributed by atoms with Crippen molar-refractivity contribution in [3.05, 3.63) is 17.8 Å². The van der Waals surface area contributed by atoms with Crippen molar-refractivity contribution in [2.24, 2.45) is 5.92 Å². The summed E-state index contributed by atoms with van der Waals surface area (Å²) in [5, 5.41) is 11.4. The van der Waals surface area contributed by atoms with Crippen LogP contribution in [0.5, 0.6) is 0 Å². The van der Waals surface area contributed by atoms with Gasteiger partial charge >= 0.3 is 6.09 Å². The highest BCUT2D eigenvalue weighted by Gasteiger charge is 2.25. The maximum atomic E-state index is 12.4. The number of aromatic nitrogens is 2. The van der Waals surface area contributed by atoms with E-state index in [-0.39, 0.29) is 18.0 Å². The Bertz CT molecular complexity index is 643. The highest BCUT2D eigenvalue weighted by Crippen LogP contribution is 2.20. The molecule has 0 saturated carbocycles. The summed E-state index contributed by atoms with van der Waals surface area (Å²) < 4.78 is 5.01. The maximum absolute atomic E-state index is 12.4. The van der Waals surface area contributed by atoms with E-state index < -0.39 is 0 Å². The monoisotopic (exact) mass is 375 g/mol. The fourth-order valence-electron chi connectivity index (χ4n) is 3.69. The van der Waals surface area contributed by atoms with Crippen molar-refractivity contribution in [2.75, 3.05) is 37.7 Å². The van der Waals surface area contributed by atoms with Gasteiger partial charge in [0.05, 0.1) is 6.61 Å². The molecule has 2 saturated heterocycles. The van der Waals surface area contributed by atoms with Crippen molar-refractivity contribution in [2.45, 2.75) is 45.6 Å². The Balaban J connectivity index is 1.49. The number of amides is 2. The molecule has 0 aliphatic carbocycles. The van der Waals surface area contributed by atoms with E-state index in [4.69, 9.17) is 4.74 Å². The van der Waals surface area contributed by atoms with Crippen LogP contribution in [0, 0.1) is 5.92 Å². The highest BCUT2D eigenvalue weighted by atomic mass is 16.6. The van der Waals surface area contributed by atoms with Gasteiger partial charge in [0.1, 0.15) is 0 Å². The van der Waals surface area contributed by atoms with Gasteiger partial charge in [0, 0.05) is 32.2 Å². The van der Waals surface area contributed by atoms with E-state index in [0.717, 1.165) is 25.3 Å². The predicted molar refractivity (Wildman–Crippen MR) is 102 cm³/mol. The lowest BCUT2D eigenvalue weighted by Crippen LogP contribution is -2.46. The number of nitrogens with one attached hydrogen (secondary N) is 1. The van der Waals surface area contributed by atoms with Crippen LogP contribution >= 0.6 is 0 Å². The lowest BCUT2D eigenvalue weighted by molar-refractivity contribution is 0.0856. The summed E-state index contributed by atoms with van der Waals surface area (Å²) in [6, 6.07) is 3.65. The van der Waals surface area contributed by atoms with Crippen LogP contribution in [0.3, 0.4) is 0 Å². The van der Waals surface area contributed by atoms with Crippen molar-refractivity contribution in [1.82, 2.24) is 20.4 Å². The van der Waals surface area contributed by atoms with Gasteiger partial charge in [0.15, 0.2) is 11.5 Å². The Morgan fingerprint density at radius 3 is 2.59 bits per heavy atom. The van der Waals surface area contributed by atoms with Gasteiger partial charge in [-0.05, 0) is 50.7 Å². The normalized spacial score (nSPS) is 21.0. The SMILES string of the molecule is CCOC(=O)N1CCC(NC(=O)c2ccc(N3CCCC(C)C3)nn2)CC1. The molecule has 2 amide bonds. The molecule has 1 atom stereocenters. The largest absolute Gasteiger partial charge is 0.450 e. The molecule has 2 aliphatic heterocycles. The smallest absolute Gasteiger partial charge is 0.409 e. The van der Waals surface area contributed by atoms with E-state index in [1.54, 1.807) is 17.9 Å². The fraction of sp³-hybridized carbons (Fsp3) is 0.684. The quantitative estimate of drug-likeness (QED) is 0.867. The van der Waals surface area contributed by atoms with Crippen LogP contribution in [0.2, 0.25) is 0 Å². The summed E-state index contributed by atoms with van der Waals surface area (Å²) in [7, 11) is 0. The highest BCUT2D eigenvalue weighted by molar-refractivity contribution is 5.92. The molecule has 1 aromatic rings. The zero-order chi connectivity index (χ0) is 19.2. The van der Waals surface area contributed by atoms with Crippen LogP contribution < -0.4 is 10.2 Å². The Kier molecular flexibility index (Phi) is 6.47. The topological polar surface area (TPSA) is 87.7 Å². The molecule has 1 aromatic heterocycles. The van der Waals surface area contributed by atoms with Crippen molar-refractivity contribution < 1.29 is 14.3 Å². The van der Waals surface area contributed by atoms with E-state index in [1.165, 1.54) is 6.42 Å². The Morgan fingerprint density at radius 2 is 1.96 bits per heavy atom. The molecule has 8 heteroatoms. The van der Waals surface area contributed by atoms with Gasteiger partial charge in [-0.15, -0.1) is 10.2 Å². The molecule has 1 N–H and O–H groups in total. The summed E-state index contributed by atoms with van der Waals surface area (Å²) in [5.74, 6) is 1.28. The van der Waals surface area contributed by atoms with Gasteiger partial charge in [-0.3, -0.25) is 4.79 Å². The van der Waals surface area contributed by atoms with E-state index in [0.29, 0.717) is 44.1 Å². The van der Waals surface area contributed by atoms with Gasteiger partial charge in [-0.2, -0.15) is 0 Å². The molecule has 27 heavy (non-hydrogen) atoms. The first-order chi connectivity index (χ1) is 13.1. The van der Waals surface area contributed by atoms with E-state index in [2.05, 4.69) is 27.3 Å². The zero-order valence-electron chi connectivity index (χ0n) is 16.2. The molecule has 3 heterocycles. The number of rotatable bonds is 4. The first kappa shape index (κ1) is 19.4. The van der Waals surface area contributed by atoms with Crippen LogP contribution in [-0.4, -0.2) is 65.9 Å². The van der Waals surface area contributed by atoms with E-state index >= 15 is 0 Å². The number of hydrogen-bond acceptors (Lipinski definition) is 6. The number of carbonyl (C=O) groups excluding carboxylic acids is 2. The van der Waals surface area contributed by atoms with Gasteiger partial charge in [-0.25, -0.2) is 4.79 Å². The number of nitrogens with zero attached hydrogens (tertiary/aromatic N) is 4. The lowest BCUT2D eigenvalue weighted by atomic mass is 10.0. The molecule has 0 aromatic carbocycles. The minimum atomic E-state index is -0.282. The lowest BCUT2D eigenvalue weighted by Gasteiger charge is -2.32. The molecule has 3 rings (SSSR count). The average Bonchev–Trinajstić information content (AvgIpc) is 2.69. The number of carbonyl (C=O) groups is 2. The summed E-state index contributed by atoms with van der Waals surface area (Å²) in [6.07, 6.45) is 3.55. The van der Waals surface area contributed by atoms with Gasteiger partial charge in [0.25, 0.3) is 5.91 Å². The van der Waals surface area contributed by atoms with Crippen molar-refractivity contribution in [3.63, 3.8) is 0 Å². The molecular formula is C19H29N5O3. The molecule has 1 unspecified atom stereocenters. The summed E-state index contributed by atoms with van der Waals surface area (Å²) >= 11 is 0. The van der Waals surface area contributed by atoms with Crippen LogP contribution in [0.1, 0.15) is 50.0 Å². The molecule has 0 radical (unpaired) electrons. The molecular weight excluding hydrogens is 346 g/mol. The summed E-state index contributed by atoms with van der Waals surface area (Å²) in [5.41, 5.74) is 0.330. The summed E-state index contributed by atoms with van der Waals surface area (Å²) in [6.45, 7) is 7.56. The van der Waals surface area contributed by atoms with Crippen molar-refractivity contribution in [3.8, 4) is 0 Å². The van der Waals surface area contributed by atoms with Crippen LogP contribution in [0.25, 0.3) is 0 Å². The van der Waals surface area contributed by atoms with E-state index in [1.807, 2.05) is 6.07 Å². The Labute approximate surface area is 160 Å². The average molecular weight is 375 g/mol. The third-order valence-corrected chi connectivity index (χ3v) is 5.22. The number of piperidine rings is 2.